The zero-order chi connectivity index (χ0) is 11.4. The van der Waals surface area contributed by atoms with E-state index < -0.39 is 0 Å². The topological polar surface area (TPSA) is 89.6 Å². The second-order valence-corrected chi connectivity index (χ2v) is 4.91. The Morgan fingerprint density at radius 1 is 1.44 bits per heavy atom. The SMILES string of the molecule is Cc1nsc(SCc2cnc(NN)cn2)n1. The molecule has 0 aromatic carbocycles. The second-order valence-electron chi connectivity index (χ2n) is 2.93. The molecule has 6 nitrogen and oxygen atoms in total. The molecular weight excluding hydrogens is 244 g/mol. The van der Waals surface area contributed by atoms with Crippen molar-refractivity contribution in [2.75, 3.05) is 5.43 Å². The van der Waals surface area contributed by atoms with Gasteiger partial charge in [-0.05, 0) is 18.5 Å². The van der Waals surface area contributed by atoms with Crippen molar-refractivity contribution in [1.29, 1.82) is 0 Å². The molecular formula is C8H10N6S2. The smallest absolute Gasteiger partial charge is 0.170 e. The van der Waals surface area contributed by atoms with Crippen molar-refractivity contribution in [3.05, 3.63) is 23.9 Å². The minimum Gasteiger partial charge on any atom is -0.307 e. The van der Waals surface area contributed by atoms with Gasteiger partial charge in [0.2, 0.25) is 0 Å². The quantitative estimate of drug-likeness (QED) is 0.481. The van der Waals surface area contributed by atoms with Crippen molar-refractivity contribution in [3.8, 4) is 0 Å². The van der Waals surface area contributed by atoms with E-state index in [1.165, 1.54) is 11.5 Å². The maximum Gasteiger partial charge on any atom is 0.170 e. The molecule has 2 aromatic rings. The zero-order valence-electron chi connectivity index (χ0n) is 8.54. The number of rotatable bonds is 4. The van der Waals surface area contributed by atoms with Crippen LogP contribution in [0.3, 0.4) is 0 Å². The molecule has 0 amide bonds. The van der Waals surface area contributed by atoms with E-state index in [4.69, 9.17) is 5.84 Å². The average Bonchev–Trinajstić information content (AvgIpc) is 2.73. The molecule has 16 heavy (non-hydrogen) atoms. The van der Waals surface area contributed by atoms with E-state index in [0.29, 0.717) is 5.82 Å². The molecule has 84 valence electrons. The maximum atomic E-state index is 5.19. The van der Waals surface area contributed by atoms with E-state index in [1.807, 2.05) is 6.92 Å². The van der Waals surface area contributed by atoms with Gasteiger partial charge in [0.05, 0.1) is 18.1 Å². The predicted octanol–water partition coefficient (Wildman–Crippen LogP) is 1.21. The number of nitrogens with two attached hydrogens (primary N) is 1. The molecule has 8 heteroatoms. The van der Waals surface area contributed by atoms with Crippen molar-refractivity contribution >= 4 is 29.1 Å². The number of aryl methyl sites for hydroxylation is 1. The Morgan fingerprint density at radius 3 is 2.88 bits per heavy atom. The Labute approximate surface area is 101 Å². The molecule has 0 atom stereocenters. The van der Waals surface area contributed by atoms with Crippen LogP contribution in [0.2, 0.25) is 0 Å². The number of thioether (sulfide) groups is 1. The first-order valence-electron chi connectivity index (χ1n) is 4.48. The fourth-order valence-electron chi connectivity index (χ4n) is 0.976. The summed E-state index contributed by atoms with van der Waals surface area (Å²) in [6.45, 7) is 1.88. The van der Waals surface area contributed by atoms with Crippen molar-refractivity contribution < 1.29 is 0 Å². The summed E-state index contributed by atoms with van der Waals surface area (Å²) >= 11 is 3.00. The van der Waals surface area contributed by atoms with Crippen molar-refractivity contribution in [3.63, 3.8) is 0 Å². The summed E-state index contributed by atoms with van der Waals surface area (Å²) in [5.74, 6) is 7.28. The Bertz CT molecular complexity index is 454. The van der Waals surface area contributed by atoms with Crippen LogP contribution in [0.15, 0.2) is 16.7 Å². The van der Waals surface area contributed by atoms with Crippen molar-refractivity contribution in [2.45, 2.75) is 17.0 Å². The van der Waals surface area contributed by atoms with Crippen LogP contribution < -0.4 is 11.3 Å². The number of nitrogens with zero attached hydrogens (tertiary/aromatic N) is 4. The Morgan fingerprint density at radius 2 is 2.31 bits per heavy atom. The molecule has 2 heterocycles. The van der Waals surface area contributed by atoms with Crippen LogP contribution in [-0.4, -0.2) is 19.3 Å². The fraction of sp³-hybridized carbons (Fsp3) is 0.250. The second kappa shape index (κ2) is 5.19. The lowest BCUT2D eigenvalue weighted by Gasteiger charge is -1.99. The molecule has 0 saturated heterocycles. The first-order chi connectivity index (χ1) is 7.78. The molecule has 0 fully saturated rings. The van der Waals surface area contributed by atoms with Gasteiger partial charge in [-0.3, -0.25) is 4.98 Å². The van der Waals surface area contributed by atoms with Gasteiger partial charge >= 0.3 is 0 Å². The van der Waals surface area contributed by atoms with Crippen LogP contribution >= 0.6 is 23.3 Å². The molecule has 3 N–H and O–H groups in total. The first kappa shape index (κ1) is 11.2. The Hall–Kier alpha value is -1.25. The monoisotopic (exact) mass is 254 g/mol. The lowest BCUT2D eigenvalue weighted by molar-refractivity contribution is 1.07. The lowest BCUT2D eigenvalue weighted by atomic mass is 10.5. The largest absolute Gasteiger partial charge is 0.307 e. The van der Waals surface area contributed by atoms with E-state index in [-0.39, 0.29) is 0 Å². The first-order valence-corrected chi connectivity index (χ1v) is 6.24. The minimum absolute atomic E-state index is 0.556. The van der Waals surface area contributed by atoms with Crippen molar-refractivity contribution in [2.24, 2.45) is 5.84 Å². The lowest BCUT2D eigenvalue weighted by Crippen LogP contribution is -2.08. The highest BCUT2D eigenvalue weighted by molar-refractivity contribution is 8.00. The number of hydrazine groups is 1. The van der Waals surface area contributed by atoms with Gasteiger partial charge in [-0.1, -0.05) is 11.8 Å². The summed E-state index contributed by atoms with van der Waals surface area (Å²) in [4.78, 5) is 12.5. The molecule has 2 rings (SSSR count). The van der Waals surface area contributed by atoms with Gasteiger partial charge in [-0.25, -0.2) is 15.8 Å². The van der Waals surface area contributed by atoms with E-state index in [9.17, 15) is 0 Å². The molecule has 0 spiro atoms. The molecule has 0 radical (unpaired) electrons. The van der Waals surface area contributed by atoms with Crippen LogP contribution in [0.25, 0.3) is 0 Å². The third kappa shape index (κ3) is 2.87. The van der Waals surface area contributed by atoms with E-state index in [0.717, 1.165) is 21.6 Å². The zero-order valence-corrected chi connectivity index (χ0v) is 10.2. The van der Waals surface area contributed by atoms with Gasteiger partial charge in [0.15, 0.2) is 10.2 Å². The Kier molecular flexibility index (Phi) is 3.65. The standard InChI is InChI=1S/C8H10N6S2/c1-5-12-8(16-14-5)15-4-6-2-11-7(13-9)3-10-6/h2-3H,4,9H2,1H3,(H,11,13). The highest BCUT2D eigenvalue weighted by Crippen LogP contribution is 2.23. The summed E-state index contributed by atoms with van der Waals surface area (Å²) in [5, 5.41) is 0. The molecule has 0 unspecified atom stereocenters. The number of anilines is 1. The van der Waals surface area contributed by atoms with Gasteiger partial charge in [0.1, 0.15) is 5.82 Å². The van der Waals surface area contributed by atoms with Gasteiger partial charge in [-0.15, -0.1) is 0 Å². The van der Waals surface area contributed by atoms with Crippen molar-refractivity contribution in [1.82, 2.24) is 19.3 Å². The number of hydrogen-bond donors (Lipinski definition) is 2. The molecule has 0 aliphatic carbocycles. The summed E-state index contributed by atoms with van der Waals surface area (Å²) in [6.07, 6.45) is 3.29. The maximum absolute atomic E-state index is 5.19. The van der Waals surface area contributed by atoms with E-state index in [2.05, 4.69) is 24.8 Å². The number of nitrogens with one attached hydrogen (secondary N) is 1. The fourth-order valence-corrected chi connectivity index (χ4v) is 2.52. The van der Waals surface area contributed by atoms with Crippen LogP contribution in [0.5, 0.6) is 0 Å². The summed E-state index contributed by atoms with van der Waals surface area (Å²) in [7, 11) is 0. The van der Waals surface area contributed by atoms with Gasteiger partial charge in [0.25, 0.3) is 0 Å². The minimum atomic E-state index is 0.556. The third-order valence-electron chi connectivity index (χ3n) is 1.71. The average molecular weight is 254 g/mol. The van der Waals surface area contributed by atoms with Crippen LogP contribution in [-0.2, 0) is 5.75 Å². The summed E-state index contributed by atoms with van der Waals surface area (Å²) in [6, 6.07) is 0. The van der Waals surface area contributed by atoms with Crippen LogP contribution in [0.4, 0.5) is 5.82 Å². The molecule has 0 aliphatic rings. The third-order valence-corrected chi connectivity index (χ3v) is 3.66. The summed E-state index contributed by atoms with van der Waals surface area (Å²) in [5.41, 5.74) is 3.32. The number of nitrogen functional groups attached to an aromatic ring is 1. The predicted molar refractivity (Wildman–Crippen MR) is 64.0 cm³/mol. The molecule has 2 aromatic heterocycles. The van der Waals surface area contributed by atoms with Gasteiger partial charge < -0.3 is 5.43 Å². The normalized spacial score (nSPS) is 10.4. The highest BCUT2D eigenvalue weighted by Gasteiger charge is 2.03. The van der Waals surface area contributed by atoms with Crippen LogP contribution in [0.1, 0.15) is 11.5 Å². The Balaban J connectivity index is 1.94. The van der Waals surface area contributed by atoms with Crippen LogP contribution in [0, 0.1) is 6.92 Å². The highest BCUT2D eigenvalue weighted by atomic mass is 32.2. The number of hydrogen-bond acceptors (Lipinski definition) is 8. The number of aromatic nitrogens is 4. The molecule has 0 saturated carbocycles. The molecule has 0 aliphatic heterocycles. The van der Waals surface area contributed by atoms with E-state index >= 15 is 0 Å². The summed E-state index contributed by atoms with van der Waals surface area (Å²) < 4.78 is 5.05. The van der Waals surface area contributed by atoms with Gasteiger partial charge in [-0.2, -0.15) is 4.37 Å². The van der Waals surface area contributed by atoms with Gasteiger partial charge in [0, 0.05) is 5.75 Å². The van der Waals surface area contributed by atoms with E-state index in [1.54, 1.807) is 24.2 Å². The molecule has 0 bridgehead atoms.